The van der Waals surface area contributed by atoms with Gasteiger partial charge in [-0.3, -0.25) is 9.78 Å². The molecule has 0 bridgehead atoms. The average Bonchev–Trinajstić information content (AvgIpc) is 2.93. The predicted molar refractivity (Wildman–Crippen MR) is 84.7 cm³/mol. The number of fused-ring (bicyclic) bond motifs is 2. The molecule has 2 aliphatic rings. The van der Waals surface area contributed by atoms with E-state index in [4.69, 9.17) is 4.98 Å². The number of carbonyl (C=O) groups excluding carboxylic acids is 1. The van der Waals surface area contributed by atoms with Gasteiger partial charge in [0.1, 0.15) is 0 Å². The molecule has 4 nitrogen and oxygen atoms in total. The quantitative estimate of drug-likeness (QED) is 0.894. The highest BCUT2D eigenvalue weighted by atomic mass is 16.1. The zero-order valence-corrected chi connectivity index (χ0v) is 13.1. The van der Waals surface area contributed by atoms with Crippen LogP contribution in [0.1, 0.15) is 55.6 Å². The lowest BCUT2D eigenvalue weighted by molar-refractivity contribution is -0.115. The molecule has 0 aromatic carbocycles. The van der Waals surface area contributed by atoms with Crippen molar-refractivity contribution in [1.82, 2.24) is 10.3 Å². The number of amides is 1. The van der Waals surface area contributed by atoms with Crippen LogP contribution in [0.4, 0.5) is 5.69 Å². The lowest BCUT2D eigenvalue weighted by Gasteiger charge is -2.22. The molecular weight excluding hydrogens is 262 g/mol. The molecule has 1 aromatic heterocycles. The highest BCUT2D eigenvalue weighted by Gasteiger charge is 2.25. The van der Waals surface area contributed by atoms with Crippen LogP contribution in [-0.4, -0.2) is 23.5 Å². The number of hydrogen-bond donors (Lipinski definition) is 2. The van der Waals surface area contributed by atoms with Gasteiger partial charge in [0, 0.05) is 17.4 Å². The monoisotopic (exact) mass is 287 g/mol. The van der Waals surface area contributed by atoms with Crippen LogP contribution in [0.25, 0.3) is 0 Å². The van der Waals surface area contributed by atoms with Crippen molar-refractivity contribution in [2.24, 2.45) is 0 Å². The van der Waals surface area contributed by atoms with Crippen LogP contribution in [0.5, 0.6) is 0 Å². The Kier molecular flexibility index (Phi) is 4.24. The van der Waals surface area contributed by atoms with Crippen LogP contribution in [0.15, 0.2) is 0 Å². The molecule has 2 aliphatic carbocycles. The zero-order valence-electron chi connectivity index (χ0n) is 13.1. The number of aryl methyl sites for hydroxylation is 2. The van der Waals surface area contributed by atoms with Gasteiger partial charge in [0.05, 0.1) is 12.2 Å². The molecule has 114 valence electrons. The molecule has 1 aromatic rings. The largest absolute Gasteiger partial charge is 0.324 e. The third-order valence-corrected chi connectivity index (χ3v) is 4.44. The Bertz CT molecular complexity index is 551. The minimum Gasteiger partial charge on any atom is -0.324 e. The maximum Gasteiger partial charge on any atom is 0.238 e. The van der Waals surface area contributed by atoms with E-state index in [1.54, 1.807) is 0 Å². The van der Waals surface area contributed by atoms with Crippen molar-refractivity contribution < 1.29 is 4.79 Å². The summed E-state index contributed by atoms with van der Waals surface area (Å²) in [6.07, 6.45) is 7.84. The third-order valence-electron chi connectivity index (χ3n) is 4.44. The normalized spacial score (nSPS) is 16.7. The van der Waals surface area contributed by atoms with Crippen LogP contribution < -0.4 is 10.6 Å². The Morgan fingerprint density at radius 3 is 2.38 bits per heavy atom. The lowest BCUT2D eigenvalue weighted by Crippen LogP contribution is -2.33. The first-order valence-corrected chi connectivity index (χ1v) is 8.22. The fourth-order valence-corrected chi connectivity index (χ4v) is 3.38. The van der Waals surface area contributed by atoms with Gasteiger partial charge in [0.25, 0.3) is 0 Å². The van der Waals surface area contributed by atoms with Gasteiger partial charge in [0.2, 0.25) is 5.91 Å². The van der Waals surface area contributed by atoms with Crippen LogP contribution in [0.2, 0.25) is 0 Å². The fraction of sp³-hybridized carbons (Fsp3) is 0.647. The molecule has 1 amide bonds. The van der Waals surface area contributed by atoms with Crippen LogP contribution in [0.3, 0.4) is 0 Å². The van der Waals surface area contributed by atoms with Crippen molar-refractivity contribution in [1.29, 1.82) is 0 Å². The topological polar surface area (TPSA) is 54.0 Å². The van der Waals surface area contributed by atoms with Crippen molar-refractivity contribution in [2.45, 2.75) is 64.8 Å². The van der Waals surface area contributed by atoms with Crippen molar-refractivity contribution in [3.63, 3.8) is 0 Å². The second-order valence-corrected chi connectivity index (χ2v) is 6.48. The molecule has 0 fully saturated rings. The highest BCUT2D eigenvalue weighted by molar-refractivity contribution is 5.94. The molecule has 0 spiro atoms. The van der Waals surface area contributed by atoms with Crippen molar-refractivity contribution in [2.75, 3.05) is 11.9 Å². The van der Waals surface area contributed by atoms with Gasteiger partial charge < -0.3 is 10.6 Å². The summed E-state index contributed by atoms with van der Waals surface area (Å²) < 4.78 is 0. The first kappa shape index (κ1) is 14.5. The maximum absolute atomic E-state index is 12.2. The summed E-state index contributed by atoms with van der Waals surface area (Å²) in [4.78, 5) is 17.1. The highest BCUT2D eigenvalue weighted by Crippen LogP contribution is 2.35. The zero-order chi connectivity index (χ0) is 14.8. The molecule has 0 radical (unpaired) electrons. The van der Waals surface area contributed by atoms with Crippen molar-refractivity contribution in [3.8, 4) is 0 Å². The van der Waals surface area contributed by atoms with E-state index in [1.165, 1.54) is 41.8 Å². The second-order valence-electron chi connectivity index (χ2n) is 6.48. The molecule has 21 heavy (non-hydrogen) atoms. The van der Waals surface area contributed by atoms with Gasteiger partial charge in [-0.15, -0.1) is 0 Å². The van der Waals surface area contributed by atoms with Crippen LogP contribution in [-0.2, 0) is 30.5 Å². The SMILES string of the molecule is CC(C)NCC(=O)Nc1c2c(nc3c1CCC3)CCCC2. The molecule has 0 saturated carbocycles. The standard InChI is InChI=1S/C17H25N3O/c1-11(2)18-10-16(21)20-17-12-6-3-4-8-14(12)19-15-9-5-7-13(15)17/h11,18H,3-10H2,1-2H3,(H,19,20,21). The maximum atomic E-state index is 12.2. The van der Waals surface area contributed by atoms with E-state index < -0.39 is 0 Å². The fourth-order valence-electron chi connectivity index (χ4n) is 3.38. The summed E-state index contributed by atoms with van der Waals surface area (Å²) >= 11 is 0. The molecule has 4 heteroatoms. The molecule has 0 saturated heterocycles. The minimum absolute atomic E-state index is 0.0665. The number of aromatic nitrogens is 1. The van der Waals surface area contributed by atoms with E-state index in [2.05, 4.69) is 24.5 Å². The summed E-state index contributed by atoms with van der Waals surface area (Å²) in [5.74, 6) is 0.0665. The summed E-state index contributed by atoms with van der Waals surface area (Å²) in [6, 6.07) is 0.327. The molecule has 0 aliphatic heterocycles. The minimum atomic E-state index is 0.0665. The van der Waals surface area contributed by atoms with E-state index in [1.807, 2.05) is 0 Å². The molecule has 3 rings (SSSR count). The first-order chi connectivity index (χ1) is 10.1. The Balaban J connectivity index is 1.86. The van der Waals surface area contributed by atoms with E-state index >= 15 is 0 Å². The van der Waals surface area contributed by atoms with Crippen LogP contribution >= 0.6 is 0 Å². The van der Waals surface area contributed by atoms with Crippen molar-refractivity contribution in [3.05, 3.63) is 22.5 Å². The molecular formula is C17H25N3O. The average molecular weight is 287 g/mol. The summed E-state index contributed by atoms with van der Waals surface area (Å²) in [6.45, 7) is 4.49. The lowest BCUT2D eigenvalue weighted by atomic mass is 9.92. The smallest absolute Gasteiger partial charge is 0.238 e. The molecule has 1 heterocycles. The first-order valence-electron chi connectivity index (χ1n) is 8.22. The Morgan fingerprint density at radius 1 is 1.05 bits per heavy atom. The van der Waals surface area contributed by atoms with Crippen LogP contribution in [0, 0.1) is 0 Å². The van der Waals surface area contributed by atoms with Gasteiger partial charge >= 0.3 is 0 Å². The van der Waals surface area contributed by atoms with Crippen molar-refractivity contribution >= 4 is 11.6 Å². The van der Waals surface area contributed by atoms with Gasteiger partial charge in [0.15, 0.2) is 0 Å². The Hall–Kier alpha value is -1.42. The number of pyridine rings is 1. The second kappa shape index (κ2) is 6.14. The Morgan fingerprint density at radius 2 is 1.67 bits per heavy atom. The number of hydrogen-bond acceptors (Lipinski definition) is 3. The number of nitrogens with zero attached hydrogens (tertiary/aromatic N) is 1. The molecule has 0 atom stereocenters. The van der Waals surface area contributed by atoms with Gasteiger partial charge in [-0.25, -0.2) is 0 Å². The van der Waals surface area contributed by atoms with E-state index in [0.29, 0.717) is 12.6 Å². The Labute approximate surface area is 126 Å². The summed E-state index contributed by atoms with van der Waals surface area (Å²) in [5, 5.41) is 6.37. The summed E-state index contributed by atoms with van der Waals surface area (Å²) in [7, 11) is 0. The number of carbonyl (C=O) groups is 1. The van der Waals surface area contributed by atoms with E-state index in [9.17, 15) is 4.79 Å². The van der Waals surface area contributed by atoms with E-state index in [0.717, 1.165) is 31.4 Å². The number of nitrogens with one attached hydrogen (secondary N) is 2. The number of rotatable bonds is 4. The third kappa shape index (κ3) is 3.10. The van der Waals surface area contributed by atoms with Gasteiger partial charge in [-0.2, -0.15) is 0 Å². The van der Waals surface area contributed by atoms with Gasteiger partial charge in [-0.1, -0.05) is 13.8 Å². The summed E-state index contributed by atoms with van der Waals surface area (Å²) in [5.41, 5.74) is 6.16. The van der Waals surface area contributed by atoms with Gasteiger partial charge in [-0.05, 0) is 56.1 Å². The molecule has 0 unspecified atom stereocenters. The number of anilines is 1. The molecule has 2 N–H and O–H groups in total. The van der Waals surface area contributed by atoms with E-state index in [-0.39, 0.29) is 5.91 Å². The predicted octanol–water partition coefficient (Wildman–Crippen LogP) is 2.39.